The fourth-order valence-corrected chi connectivity index (χ4v) is 4.48. The monoisotopic (exact) mass is 383 g/mol. The van der Waals surface area contributed by atoms with Crippen LogP contribution in [0.25, 0.3) is 0 Å². The SMILES string of the molecule is COc1ccc(CN2C3CCC2CC(NC(=O)Nc2ccc(F)cc2)C3)cc1. The van der Waals surface area contributed by atoms with E-state index in [-0.39, 0.29) is 17.9 Å². The molecule has 6 heteroatoms. The van der Waals surface area contributed by atoms with Gasteiger partial charge in [0.15, 0.2) is 0 Å². The summed E-state index contributed by atoms with van der Waals surface area (Å²) in [4.78, 5) is 14.9. The molecule has 2 aliphatic heterocycles. The quantitative estimate of drug-likeness (QED) is 0.816. The summed E-state index contributed by atoms with van der Waals surface area (Å²) in [6.45, 7) is 0.938. The fourth-order valence-electron chi connectivity index (χ4n) is 4.48. The number of hydrogen-bond acceptors (Lipinski definition) is 3. The molecule has 2 aliphatic rings. The fraction of sp³-hybridized carbons (Fsp3) is 0.409. The van der Waals surface area contributed by atoms with Gasteiger partial charge in [-0.25, -0.2) is 9.18 Å². The number of nitrogens with one attached hydrogen (secondary N) is 2. The normalized spacial score (nSPS) is 24.0. The number of piperidine rings is 1. The second-order valence-corrected chi connectivity index (χ2v) is 7.68. The highest BCUT2D eigenvalue weighted by molar-refractivity contribution is 5.89. The van der Waals surface area contributed by atoms with Crippen LogP contribution in [-0.4, -0.2) is 36.2 Å². The van der Waals surface area contributed by atoms with Crippen molar-refractivity contribution >= 4 is 11.7 Å². The first kappa shape index (κ1) is 18.7. The van der Waals surface area contributed by atoms with Gasteiger partial charge in [0, 0.05) is 30.4 Å². The van der Waals surface area contributed by atoms with Crippen molar-refractivity contribution in [3.8, 4) is 5.75 Å². The number of anilines is 1. The summed E-state index contributed by atoms with van der Waals surface area (Å²) in [5.74, 6) is 0.563. The molecule has 28 heavy (non-hydrogen) atoms. The molecule has 2 aromatic rings. The number of halogens is 1. The van der Waals surface area contributed by atoms with Gasteiger partial charge in [-0.2, -0.15) is 0 Å². The van der Waals surface area contributed by atoms with Crippen molar-refractivity contribution in [1.82, 2.24) is 10.2 Å². The van der Waals surface area contributed by atoms with Crippen LogP contribution in [-0.2, 0) is 6.54 Å². The zero-order valence-corrected chi connectivity index (χ0v) is 16.0. The number of ether oxygens (including phenoxy) is 1. The summed E-state index contributed by atoms with van der Waals surface area (Å²) >= 11 is 0. The van der Waals surface area contributed by atoms with Gasteiger partial charge >= 0.3 is 6.03 Å². The van der Waals surface area contributed by atoms with Crippen molar-refractivity contribution in [3.63, 3.8) is 0 Å². The first-order valence-electron chi connectivity index (χ1n) is 9.82. The molecule has 2 heterocycles. The number of fused-ring (bicyclic) bond motifs is 2. The summed E-state index contributed by atoms with van der Waals surface area (Å²) in [5.41, 5.74) is 1.89. The van der Waals surface area contributed by atoms with Crippen molar-refractivity contribution in [3.05, 3.63) is 59.9 Å². The van der Waals surface area contributed by atoms with Gasteiger partial charge < -0.3 is 15.4 Å². The lowest BCUT2D eigenvalue weighted by Crippen LogP contribution is -2.50. The van der Waals surface area contributed by atoms with Crippen molar-refractivity contribution in [1.29, 1.82) is 0 Å². The van der Waals surface area contributed by atoms with E-state index in [0.717, 1.165) is 25.1 Å². The Morgan fingerprint density at radius 2 is 1.71 bits per heavy atom. The Hall–Kier alpha value is -2.60. The van der Waals surface area contributed by atoms with Gasteiger partial charge in [0.25, 0.3) is 0 Å². The lowest BCUT2D eigenvalue weighted by molar-refractivity contribution is 0.112. The Morgan fingerprint density at radius 1 is 1.07 bits per heavy atom. The first-order chi connectivity index (χ1) is 13.6. The van der Waals surface area contributed by atoms with Crippen LogP contribution in [0.3, 0.4) is 0 Å². The average Bonchev–Trinajstić information content (AvgIpc) is 2.92. The van der Waals surface area contributed by atoms with Crippen LogP contribution in [0, 0.1) is 5.82 Å². The summed E-state index contributed by atoms with van der Waals surface area (Å²) in [6, 6.07) is 15.0. The van der Waals surface area contributed by atoms with Gasteiger partial charge in [-0.3, -0.25) is 4.90 Å². The molecule has 148 valence electrons. The third kappa shape index (κ3) is 4.28. The van der Waals surface area contributed by atoms with E-state index in [2.05, 4.69) is 27.7 Å². The number of nitrogens with zero attached hydrogens (tertiary/aromatic N) is 1. The summed E-state index contributed by atoms with van der Waals surface area (Å²) in [6.07, 6.45) is 4.28. The van der Waals surface area contributed by atoms with Crippen LogP contribution in [0.5, 0.6) is 5.75 Å². The molecule has 2 N–H and O–H groups in total. The highest BCUT2D eigenvalue weighted by Crippen LogP contribution is 2.37. The third-order valence-corrected chi connectivity index (χ3v) is 5.85. The van der Waals surface area contributed by atoms with Crippen molar-refractivity contribution in [2.45, 2.75) is 50.4 Å². The minimum atomic E-state index is -0.313. The number of benzene rings is 2. The maximum Gasteiger partial charge on any atom is 0.319 e. The van der Waals surface area contributed by atoms with Gasteiger partial charge in [-0.1, -0.05) is 12.1 Å². The van der Waals surface area contributed by atoms with Crippen molar-refractivity contribution < 1.29 is 13.9 Å². The number of carbonyl (C=O) groups is 1. The van der Waals surface area contributed by atoms with Gasteiger partial charge in [-0.15, -0.1) is 0 Å². The van der Waals surface area contributed by atoms with E-state index in [1.807, 2.05) is 12.1 Å². The first-order valence-corrected chi connectivity index (χ1v) is 9.82. The number of urea groups is 1. The molecule has 4 rings (SSSR count). The molecule has 2 aromatic carbocycles. The molecular formula is C22H26FN3O2. The Kier molecular flexibility index (Phi) is 5.48. The van der Waals surface area contributed by atoms with Gasteiger partial charge in [0.05, 0.1) is 7.11 Å². The van der Waals surface area contributed by atoms with Gasteiger partial charge in [0.2, 0.25) is 0 Å². The molecule has 0 aliphatic carbocycles. The molecule has 2 fully saturated rings. The molecule has 2 bridgehead atoms. The Morgan fingerprint density at radius 3 is 2.32 bits per heavy atom. The number of amides is 2. The summed E-state index contributed by atoms with van der Waals surface area (Å²) < 4.78 is 18.2. The Labute approximate surface area is 164 Å². The van der Waals surface area contributed by atoms with E-state index in [9.17, 15) is 9.18 Å². The molecule has 2 unspecified atom stereocenters. The van der Waals surface area contributed by atoms with Crippen LogP contribution in [0.15, 0.2) is 48.5 Å². The van der Waals surface area contributed by atoms with Crippen molar-refractivity contribution in [2.24, 2.45) is 0 Å². The summed E-state index contributed by atoms with van der Waals surface area (Å²) in [5, 5.41) is 5.88. The molecule has 2 saturated heterocycles. The number of hydrogen-bond donors (Lipinski definition) is 2. The van der Waals surface area contributed by atoms with E-state index in [4.69, 9.17) is 4.74 Å². The Bertz CT molecular complexity index is 796. The van der Waals surface area contributed by atoms with E-state index >= 15 is 0 Å². The zero-order chi connectivity index (χ0) is 19.5. The minimum absolute atomic E-state index is 0.171. The number of methoxy groups -OCH3 is 1. The van der Waals surface area contributed by atoms with Crippen LogP contribution in [0.1, 0.15) is 31.2 Å². The third-order valence-electron chi connectivity index (χ3n) is 5.85. The smallest absolute Gasteiger partial charge is 0.319 e. The van der Waals surface area contributed by atoms with Gasteiger partial charge in [-0.05, 0) is 67.6 Å². The van der Waals surface area contributed by atoms with Crippen LogP contribution in [0.2, 0.25) is 0 Å². The van der Waals surface area contributed by atoms with E-state index in [1.54, 1.807) is 19.2 Å². The minimum Gasteiger partial charge on any atom is -0.497 e. The van der Waals surface area contributed by atoms with Crippen molar-refractivity contribution in [2.75, 3.05) is 12.4 Å². The van der Waals surface area contributed by atoms with Crippen LogP contribution in [0.4, 0.5) is 14.9 Å². The highest BCUT2D eigenvalue weighted by Gasteiger charge is 2.40. The number of carbonyl (C=O) groups excluding carboxylic acids is 1. The molecular weight excluding hydrogens is 357 g/mol. The largest absolute Gasteiger partial charge is 0.497 e. The lowest BCUT2D eigenvalue weighted by Gasteiger charge is -2.39. The molecule has 0 spiro atoms. The maximum atomic E-state index is 13.0. The second-order valence-electron chi connectivity index (χ2n) is 7.68. The Balaban J connectivity index is 1.31. The highest BCUT2D eigenvalue weighted by atomic mass is 19.1. The maximum absolute atomic E-state index is 13.0. The van der Waals surface area contributed by atoms with E-state index in [0.29, 0.717) is 17.8 Å². The van der Waals surface area contributed by atoms with Gasteiger partial charge in [0.1, 0.15) is 11.6 Å². The zero-order valence-electron chi connectivity index (χ0n) is 16.0. The number of rotatable bonds is 5. The predicted octanol–water partition coefficient (Wildman–Crippen LogP) is 4.15. The summed E-state index contributed by atoms with van der Waals surface area (Å²) in [7, 11) is 1.68. The molecule has 2 amide bonds. The molecule has 0 aromatic heterocycles. The van der Waals surface area contributed by atoms with E-state index < -0.39 is 0 Å². The average molecular weight is 383 g/mol. The predicted molar refractivity (Wildman–Crippen MR) is 107 cm³/mol. The molecule has 2 atom stereocenters. The second kappa shape index (κ2) is 8.19. The standard InChI is InChI=1S/C22H26FN3O2/c1-28-21-10-2-15(3-11-21)14-26-19-8-9-20(26)13-18(12-19)25-22(27)24-17-6-4-16(23)5-7-17/h2-7,10-11,18-20H,8-9,12-14H2,1H3,(H2,24,25,27). The topological polar surface area (TPSA) is 53.6 Å². The van der Waals surface area contributed by atoms with Crippen LogP contribution >= 0.6 is 0 Å². The molecule has 0 radical (unpaired) electrons. The van der Waals surface area contributed by atoms with E-state index in [1.165, 1.54) is 30.5 Å². The lowest BCUT2D eigenvalue weighted by atomic mass is 9.96. The van der Waals surface area contributed by atoms with Crippen LogP contribution < -0.4 is 15.4 Å². The molecule has 0 saturated carbocycles. The molecule has 5 nitrogen and oxygen atoms in total.